The summed E-state index contributed by atoms with van der Waals surface area (Å²) < 4.78 is 2.16. The average Bonchev–Trinajstić information content (AvgIpc) is 3.03. The summed E-state index contributed by atoms with van der Waals surface area (Å²) in [6.45, 7) is 13.3. The smallest absolute Gasteiger partial charge is 0.191 e. The number of imidazole rings is 1. The molecule has 1 heterocycles. The van der Waals surface area contributed by atoms with Gasteiger partial charge < -0.3 is 15.2 Å². The molecule has 27 heavy (non-hydrogen) atoms. The highest BCUT2D eigenvalue weighted by Gasteiger charge is 2.06. The van der Waals surface area contributed by atoms with Gasteiger partial charge in [0.15, 0.2) is 5.96 Å². The molecule has 1 aromatic carbocycles. The van der Waals surface area contributed by atoms with Crippen molar-refractivity contribution in [2.75, 3.05) is 6.54 Å². The third-order valence-electron chi connectivity index (χ3n) is 4.59. The van der Waals surface area contributed by atoms with E-state index in [1.165, 1.54) is 17.5 Å². The molecule has 0 aliphatic rings. The van der Waals surface area contributed by atoms with E-state index in [4.69, 9.17) is 4.99 Å². The molecule has 0 aliphatic carbocycles. The predicted molar refractivity (Wildman–Crippen MR) is 114 cm³/mol. The minimum Gasteiger partial charge on any atom is -0.357 e. The monoisotopic (exact) mass is 369 g/mol. The zero-order valence-corrected chi connectivity index (χ0v) is 17.5. The van der Waals surface area contributed by atoms with E-state index < -0.39 is 0 Å². The van der Waals surface area contributed by atoms with E-state index in [2.05, 4.69) is 72.1 Å². The van der Waals surface area contributed by atoms with Crippen molar-refractivity contribution < 1.29 is 0 Å². The standard InChI is InChI=1S/C22H35N5/c1-6-23-22(26-18(4)11-10-17(2)3)25-15-20-8-7-9-21(14-20)16-27-13-12-24-19(27)5/h7-9,12-14,17-18H,6,10-11,15-16H2,1-5H3,(H2,23,25,26). The van der Waals surface area contributed by atoms with Gasteiger partial charge in [-0.3, -0.25) is 0 Å². The number of aliphatic imine (C=N–C) groups is 1. The fraction of sp³-hybridized carbons (Fsp3) is 0.545. The Balaban J connectivity index is 1.98. The van der Waals surface area contributed by atoms with Crippen LogP contribution in [0.15, 0.2) is 41.7 Å². The molecule has 0 bridgehead atoms. The molecule has 0 saturated carbocycles. The van der Waals surface area contributed by atoms with Crippen molar-refractivity contribution in [3.05, 3.63) is 53.6 Å². The summed E-state index contributed by atoms with van der Waals surface area (Å²) in [6, 6.07) is 9.05. The lowest BCUT2D eigenvalue weighted by molar-refractivity contribution is 0.489. The van der Waals surface area contributed by atoms with Crippen LogP contribution in [-0.4, -0.2) is 28.1 Å². The van der Waals surface area contributed by atoms with Crippen LogP contribution in [0.4, 0.5) is 0 Å². The van der Waals surface area contributed by atoms with E-state index >= 15 is 0 Å². The van der Waals surface area contributed by atoms with Gasteiger partial charge in [0.2, 0.25) is 0 Å². The Hall–Kier alpha value is -2.30. The first-order valence-electron chi connectivity index (χ1n) is 10.1. The lowest BCUT2D eigenvalue weighted by atomic mass is 10.0. The van der Waals surface area contributed by atoms with Gasteiger partial charge in [0.05, 0.1) is 6.54 Å². The van der Waals surface area contributed by atoms with Gasteiger partial charge in [-0.05, 0) is 50.7 Å². The highest BCUT2D eigenvalue weighted by molar-refractivity contribution is 5.80. The number of aromatic nitrogens is 2. The van der Waals surface area contributed by atoms with E-state index in [0.29, 0.717) is 12.6 Å². The molecule has 1 atom stereocenters. The van der Waals surface area contributed by atoms with Crippen LogP contribution in [0.5, 0.6) is 0 Å². The number of nitrogens with one attached hydrogen (secondary N) is 2. The molecule has 0 saturated heterocycles. The summed E-state index contributed by atoms with van der Waals surface area (Å²) in [5, 5.41) is 6.88. The minimum absolute atomic E-state index is 0.417. The van der Waals surface area contributed by atoms with Crippen LogP contribution < -0.4 is 10.6 Å². The Kier molecular flexibility index (Phi) is 8.37. The largest absolute Gasteiger partial charge is 0.357 e. The first-order chi connectivity index (χ1) is 13.0. The number of aryl methyl sites for hydroxylation is 1. The van der Waals surface area contributed by atoms with Gasteiger partial charge >= 0.3 is 0 Å². The van der Waals surface area contributed by atoms with Gasteiger partial charge in [-0.1, -0.05) is 38.1 Å². The van der Waals surface area contributed by atoms with Gasteiger partial charge in [0.1, 0.15) is 5.82 Å². The van der Waals surface area contributed by atoms with Crippen molar-refractivity contribution in [3.8, 4) is 0 Å². The van der Waals surface area contributed by atoms with E-state index in [9.17, 15) is 0 Å². The second kappa shape index (κ2) is 10.8. The summed E-state index contributed by atoms with van der Waals surface area (Å²) in [5.74, 6) is 2.66. The third kappa shape index (κ3) is 7.45. The molecule has 5 heteroatoms. The number of nitrogens with zero attached hydrogens (tertiary/aromatic N) is 3. The Morgan fingerprint density at radius 3 is 2.63 bits per heavy atom. The average molecular weight is 370 g/mol. The summed E-state index contributed by atoms with van der Waals surface area (Å²) in [7, 11) is 0. The number of rotatable bonds is 9. The molecule has 0 fully saturated rings. The SMILES string of the molecule is CCNC(=NCc1cccc(Cn2ccnc2C)c1)NC(C)CCC(C)C. The third-order valence-corrected chi connectivity index (χ3v) is 4.59. The maximum atomic E-state index is 4.78. The van der Waals surface area contributed by atoms with E-state index in [1.54, 1.807) is 0 Å². The van der Waals surface area contributed by atoms with Crippen molar-refractivity contribution in [2.24, 2.45) is 10.9 Å². The summed E-state index contributed by atoms with van der Waals surface area (Å²) >= 11 is 0. The number of guanidine groups is 1. The van der Waals surface area contributed by atoms with Crippen LogP contribution in [0.25, 0.3) is 0 Å². The lowest BCUT2D eigenvalue weighted by Crippen LogP contribution is -2.42. The normalized spacial score (nSPS) is 13.0. The van der Waals surface area contributed by atoms with Crippen LogP contribution >= 0.6 is 0 Å². The molecular weight excluding hydrogens is 334 g/mol. The van der Waals surface area contributed by atoms with Crippen molar-refractivity contribution in [3.63, 3.8) is 0 Å². The van der Waals surface area contributed by atoms with Gasteiger partial charge in [-0.25, -0.2) is 9.98 Å². The van der Waals surface area contributed by atoms with Crippen LogP contribution in [0.2, 0.25) is 0 Å². The van der Waals surface area contributed by atoms with Crippen LogP contribution in [0.3, 0.4) is 0 Å². The molecule has 2 aromatic rings. The maximum absolute atomic E-state index is 4.78. The highest BCUT2D eigenvalue weighted by Crippen LogP contribution is 2.10. The fourth-order valence-corrected chi connectivity index (χ4v) is 2.97. The Bertz CT molecular complexity index is 717. The topological polar surface area (TPSA) is 54.2 Å². The summed E-state index contributed by atoms with van der Waals surface area (Å²) in [5.41, 5.74) is 2.49. The minimum atomic E-state index is 0.417. The van der Waals surface area contributed by atoms with Crippen molar-refractivity contribution in [1.29, 1.82) is 0 Å². The second-order valence-corrected chi connectivity index (χ2v) is 7.63. The molecular formula is C22H35N5. The molecule has 148 valence electrons. The molecule has 0 spiro atoms. The summed E-state index contributed by atoms with van der Waals surface area (Å²) in [4.78, 5) is 9.07. The first-order valence-corrected chi connectivity index (χ1v) is 10.1. The number of hydrogen-bond acceptors (Lipinski definition) is 2. The molecule has 0 aliphatic heterocycles. The second-order valence-electron chi connectivity index (χ2n) is 7.63. The Labute approximate surface area is 164 Å². The van der Waals surface area contributed by atoms with Crippen LogP contribution in [0, 0.1) is 12.8 Å². The van der Waals surface area contributed by atoms with E-state index in [0.717, 1.165) is 37.2 Å². The molecule has 0 amide bonds. The van der Waals surface area contributed by atoms with Crippen LogP contribution in [-0.2, 0) is 13.1 Å². The molecule has 2 N–H and O–H groups in total. The highest BCUT2D eigenvalue weighted by atomic mass is 15.2. The fourth-order valence-electron chi connectivity index (χ4n) is 2.97. The first kappa shape index (κ1) is 21.0. The maximum Gasteiger partial charge on any atom is 0.191 e. The predicted octanol–water partition coefficient (Wildman–Crippen LogP) is 4.12. The zero-order valence-electron chi connectivity index (χ0n) is 17.5. The number of benzene rings is 1. The zero-order chi connectivity index (χ0) is 19.6. The lowest BCUT2D eigenvalue weighted by Gasteiger charge is -2.18. The molecule has 2 rings (SSSR count). The van der Waals surface area contributed by atoms with Crippen molar-refractivity contribution in [1.82, 2.24) is 20.2 Å². The molecule has 1 unspecified atom stereocenters. The van der Waals surface area contributed by atoms with Gasteiger partial charge in [-0.2, -0.15) is 0 Å². The van der Waals surface area contributed by atoms with Crippen molar-refractivity contribution >= 4 is 5.96 Å². The Morgan fingerprint density at radius 1 is 1.19 bits per heavy atom. The van der Waals surface area contributed by atoms with Crippen LogP contribution in [0.1, 0.15) is 57.5 Å². The van der Waals surface area contributed by atoms with Gasteiger partial charge in [-0.15, -0.1) is 0 Å². The summed E-state index contributed by atoms with van der Waals surface area (Å²) in [6.07, 6.45) is 6.25. The molecule has 0 radical (unpaired) electrons. The van der Waals surface area contributed by atoms with E-state index in [1.807, 2.05) is 19.3 Å². The van der Waals surface area contributed by atoms with Gasteiger partial charge in [0, 0.05) is 31.5 Å². The number of hydrogen-bond donors (Lipinski definition) is 2. The Morgan fingerprint density at radius 2 is 1.96 bits per heavy atom. The van der Waals surface area contributed by atoms with E-state index in [-0.39, 0.29) is 0 Å². The van der Waals surface area contributed by atoms with Gasteiger partial charge in [0.25, 0.3) is 0 Å². The molecule has 5 nitrogen and oxygen atoms in total. The van der Waals surface area contributed by atoms with Crippen molar-refractivity contribution in [2.45, 2.75) is 66.6 Å². The molecule has 1 aromatic heterocycles. The quantitative estimate of drug-likeness (QED) is 0.516.